The minimum Gasteiger partial charge on any atom is -0.493 e. The number of para-hydroxylation sites is 1. The van der Waals surface area contributed by atoms with Crippen molar-refractivity contribution in [3.05, 3.63) is 102 Å². The van der Waals surface area contributed by atoms with Crippen molar-refractivity contribution in [1.82, 2.24) is 5.43 Å². The van der Waals surface area contributed by atoms with Gasteiger partial charge in [-0.2, -0.15) is 5.10 Å². The van der Waals surface area contributed by atoms with Gasteiger partial charge in [-0.25, -0.2) is 5.43 Å². The van der Waals surface area contributed by atoms with Crippen molar-refractivity contribution in [2.45, 2.75) is 12.5 Å². The first kappa shape index (κ1) is 19.3. The van der Waals surface area contributed by atoms with Crippen LogP contribution in [0.25, 0.3) is 0 Å². The van der Waals surface area contributed by atoms with Gasteiger partial charge in [0.25, 0.3) is 5.91 Å². The Morgan fingerprint density at radius 2 is 1.50 bits per heavy atom. The largest absolute Gasteiger partial charge is 0.493 e. The fourth-order valence-electron chi connectivity index (χ4n) is 2.90. The predicted octanol–water partition coefficient (Wildman–Crippen LogP) is 3.47. The van der Waals surface area contributed by atoms with Gasteiger partial charge in [-0.05, 0) is 30.2 Å². The summed E-state index contributed by atoms with van der Waals surface area (Å²) in [7, 11) is 0. The molecule has 0 radical (unpaired) electrons. The van der Waals surface area contributed by atoms with Crippen molar-refractivity contribution in [2.75, 3.05) is 6.61 Å². The maximum Gasteiger partial charge on any atom is 0.281 e. The Morgan fingerprint density at radius 3 is 2.07 bits per heavy atom. The molecule has 0 saturated heterocycles. The Hall–Kier alpha value is -3.44. The van der Waals surface area contributed by atoms with E-state index in [0.717, 1.165) is 5.56 Å². The number of hydrogen-bond donors (Lipinski definition) is 2. The van der Waals surface area contributed by atoms with Gasteiger partial charge in [0.2, 0.25) is 0 Å². The lowest BCUT2D eigenvalue weighted by atomic mass is 9.85. The highest BCUT2D eigenvalue weighted by molar-refractivity contribution is 5.91. The molecule has 2 N–H and O–H groups in total. The Balaban J connectivity index is 1.87. The number of nitrogens with zero attached hydrogens (tertiary/aromatic N) is 1. The summed E-state index contributed by atoms with van der Waals surface area (Å²) < 4.78 is 5.55. The zero-order valence-electron chi connectivity index (χ0n) is 15.6. The molecular formula is C23H22N2O3. The van der Waals surface area contributed by atoms with Crippen LogP contribution in [-0.2, 0) is 10.4 Å². The highest BCUT2D eigenvalue weighted by atomic mass is 16.5. The van der Waals surface area contributed by atoms with E-state index in [9.17, 15) is 9.90 Å². The molecule has 1 amide bonds. The fraction of sp³-hybridized carbons (Fsp3) is 0.130. The summed E-state index contributed by atoms with van der Waals surface area (Å²) in [6.07, 6.45) is 1.50. The molecule has 0 aliphatic heterocycles. The summed E-state index contributed by atoms with van der Waals surface area (Å²) >= 11 is 0. The lowest BCUT2D eigenvalue weighted by molar-refractivity contribution is -0.136. The van der Waals surface area contributed by atoms with Crippen LogP contribution in [0, 0.1) is 0 Å². The average Bonchev–Trinajstić information content (AvgIpc) is 2.75. The summed E-state index contributed by atoms with van der Waals surface area (Å²) in [4.78, 5) is 13.0. The molecule has 5 nitrogen and oxygen atoms in total. The van der Waals surface area contributed by atoms with E-state index in [1.165, 1.54) is 6.21 Å². The molecular weight excluding hydrogens is 352 g/mol. The molecule has 0 unspecified atom stereocenters. The maximum atomic E-state index is 13.0. The number of benzene rings is 3. The molecule has 0 atom stereocenters. The Labute approximate surface area is 164 Å². The number of carbonyl (C=O) groups is 1. The van der Waals surface area contributed by atoms with E-state index in [4.69, 9.17) is 4.74 Å². The van der Waals surface area contributed by atoms with Crippen LogP contribution >= 0.6 is 0 Å². The normalized spacial score (nSPS) is 11.4. The molecule has 0 aromatic heterocycles. The Kier molecular flexibility index (Phi) is 6.19. The summed E-state index contributed by atoms with van der Waals surface area (Å²) in [5.74, 6) is 0.0272. The number of hydrogen-bond acceptors (Lipinski definition) is 4. The van der Waals surface area contributed by atoms with Crippen LogP contribution in [0.4, 0.5) is 0 Å². The molecule has 0 saturated carbocycles. The minimum atomic E-state index is -1.86. The van der Waals surface area contributed by atoms with E-state index in [-0.39, 0.29) is 0 Å². The molecule has 28 heavy (non-hydrogen) atoms. The molecule has 0 aliphatic carbocycles. The predicted molar refractivity (Wildman–Crippen MR) is 109 cm³/mol. The number of amides is 1. The standard InChI is InChI=1S/C23H22N2O3/c1-2-28-21-16-10-9-11-18(21)17-24-25-22(26)23(27,19-12-5-3-6-13-19)20-14-7-4-8-15-20/h3-17,27H,2H2,1H3,(H,25,26)/b24-17+. The van der Waals surface area contributed by atoms with Crippen LogP contribution in [0.1, 0.15) is 23.6 Å². The van der Waals surface area contributed by atoms with E-state index >= 15 is 0 Å². The summed E-state index contributed by atoms with van der Waals surface area (Å²) in [6, 6.07) is 25.0. The SMILES string of the molecule is CCOc1ccccc1/C=N/NC(=O)C(O)(c1ccccc1)c1ccccc1. The zero-order valence-corrected chi connectivity index (χ0v) is 15.6. The number of ether oxygens (including phenoxy) is 1. The van der Waals surface area contributed by atoms with Crippen molar-refractivity contribution in [3.8, 4) is 5.75 Å². The van der Waals surface area contributed by atoms with Crippen molar-refractivity contribution in [3.63, 3.8) is 0 Å². The second-order valence-corrected chi connectivity index (χ2v) is 6.11. The topological polar surface area (TPSA) is 70.9 Å². The molecule has 0 spiro atoms. The summed E-state index contributed by atoms with van der Waals surface area (Å²) in [5.41, 5.74) is 2.25. The third-order valence-corrected chi connectivity index (χ3v) is 4.30. The van der Waals surface area contributed by atoms with Crippen LogP contribution < -0.4 is 10.2 Å². The van der Waals surface area contributed by atoms with Crippen LogP contribution in [0.3, 0.4) is 0 Å². The van der Waals surface area contributed by atoms with Gasteiger partial charge >= 0.3 is 0 Å². The van der Waals surface area contributed by atoms with Gasteiger partial charge in [-0.1, -0.05) is 72.8 Å². The van der Waals surface area contributed by atoms with Crippen molar-refractivity contribution < 1.29 is 14.6 Å². The van der Waals surface area contributed by atoms with Gasteiger partial charge in [-0.3, -0.25) is 4.79 Å². The van der Waals surface area contributed by atoms with Gasteiger partial charge < -0.3 is 9.84 Å². The molecule has 0 aliphatic rings. The number of carbonyl (C=O) groups excluding carboxylic acids is 1. The van der Waals surface area contributed by atoms with Gasteiger partial charge in [0.05, 0.1) is 12.8 Å². The van der Waals surface area contributed by atoms with Crippen LogP contribution in [-0.4, -0.2) is 23.8 Å². The molecule has 3 aromatic rings. The molecule has 3 rings (SSSR count). The van der Waals surface area contributed by atoms with Crippen LogP contribution in [0.15, 0.2) is 90.0 Å². The van der Waals surface area contributed by atoms with Crippen molar-refractivity contribution >= 4 is 12.1 Å². The van der Waals surface area contributed by atoms with E-state index in [0.29, 0.717) is 23.5 Å². The monoisotopic (exact) mass is 374 g/mol. The van der Waals surface area contributed by atoms with E-state index < -0.39 is 11.5 Å². The second kappa shape index (κ2) is 8.97. The highest BCUT2D eigenvalue weighted by Crippen LogP contribution is 2.29. The van der Waals surface area contributed by atoms with Gasteiger partial charge in [0.1, 0.15) is 5.75 Å². The van der Waals surface area contributed by atoms with Crippen LogP contribution in [0.2, 0.25) is 0 Å². The first-order valence-electron chi connectivity index (χ1n) is 9.05. The summed E-state index contributed by atoms with van der Waals surface area (Å²) in [6.45, 7) is 2.43. The van der Waals surface area contributed by atoms with Gasteiger partial charge in [-0.15, -0.1) is 0 Å². The lowest BCUT2D eigenvalue weighted by Crippen LogP contribution is -2.43. The Bertz CT molecular complexity index is 901. The molecule has 0 bridgehead atoms. The molecule has 3 aromatic carbocycles. The molecule has 0 fully saturated rings. The zero-order chi connectivity index (χ0) is 19.8. The fourth-order valence-corrected chi connectivity index (χ4v) is 2.90. The first-order valence-corrected chi connectivity index (χ1v) is 9.05. The molecule has 0 heterocycles. The molecule has 5 heteroatoms. The first-order chi connectivity index (χ1) is 13.7. The lowest BCUT2D eigenvalue weighted by Gasteiger charge is -2.27. The number of aliphatic hydroxyl groups is 1. The minimum absolute atomic E-state index is 0.462. The van der Waals surface area contributed by atoms with Crippen molar-refractivity contribution in [1.29, 1.82) is 0 Å². The number of rotatable bonds is 7. The van der Waals surface area contributed by atoms with E-state index in [1.54, 1.807) is 48.5 Å². The smallest absolute Gasteiger partial charge is 0.281 e. The average molecular weight is 374 g/mol. The van der Waals surface area contributed by atoms with Gasteiger partial charge in [0, 0.05) is 5.56 Å². The number of nitrogens with one attached hydrogen (secondary N) is 1. The van der Waals surface area contributed by atoms with Crippen molar-refractivity contribution in [2.24, 2.45) is 5.10 Å². The maximum absolute atomic E-state index is 13.0. The third-order valence-electron chi connectivity index (χ3n) is 4.30. The quantitative estimate of drug-likeness (QED) is 0.491. The summed E-state index contributed by atoms with van der Waals surface area (Å²) in [5, 5.41) is 15.4. The third kappa shape index (κ3) is 4.10. The van der Waals surface area contributed by atoms with E-state index in [2.05, 4.69) is 10.5 Å². The Morgan fingerprint density at radius 1 is 0.964 bits per heavy atom. The van der Waals surface area contributed by atoms with Crippen LogP contribution in [0.5, 0.6) is 5.75 Å². The highest BCUT2D eigenvalue weighted by Gasteiger charge is 2.39. The molecule has 142 valence electrons. The second-order valence-electron chi connectivity index (χ2n) is 6.11. The van der Waals surface area contributed by atoms with Gasteiger partial charge in [0.15, 0.2) is 5.60 Å². The number of hydrazone groups is 1. The van der Waals surface area contributed by atoms with E-state index in [1.807, 2.05) is 43.3 Å².